The van der Waals surface area contributed by atoms with Gasteiger partial charge in [0.25, 0.3) is 5.91 Å². The predicted molar refractivity (Wildman–Crippen MR) is 97.5 cm³/mol. The first-order valence-corrected chi connectivity index (χ1v) is 10.0. The second kappa shape index (κ2) is 7.12. The van der Waals surface area contributed by atoms with Crippen LogP contribution in [0.2, 0.25) is 0 Å². The number of benzene rings is 1. The van der Waals surface area contributed by atoms with E-state index in [-0.39, 0.29) is 16.6 Å². The minimum absolute atomic E-state index is 0.0226. The van der Waals surface area contributed by atoms with Crippen LogP contribution in [0, 0.1) is 0 Å². The molecule has 3 rings (SSSR count). The van der Waals surface area contributed by atoms with Gasteiger partial charge in [0, 0.05) is 28.9 Å². The number of carbonyl (C=O) groups excluding carboxylic acids is 1. The van der Waals surface area contributed by atoms with Crippen LogP contribution in [0.5, 0.6) is 0 Å². The second-order valence-electron chi connectivity index (χ2n) is 5.16. The standard InChI is InChI=1S/C17H15N3O3S2/c1-2-25(22,23)14-7-5-12(6-8-14)16(21)20-17-19-15(11-24-17)13-4-3-9-18-10-13/h3-11H,2H2,1H3,(H,19,20,21). The summed E-state index contributed by atoms with van der Waals surface area (Å²) in [6.45, 7) is 1.58. The lowest BCUT2D eigenvalue weighted by Gasteiger charge is -2.04. The molecule has 25 heavy (non-hydrogen) atoms. The summed E-state index contributed by atoms with van der Waals surface area (Å²) >= 11 is 1.31. The van der Waals surface area contributed by atoms with E-state index in [0.717, 1.165) is 11.3 Å². The number of nitrogens with one attached hydrogen (secondary N) is 1. The Morgan fingerprint density at radius 3 is 2.60 bits per heavy atom. The molecule has 0 unspecified atom stereocenters. The van der Waals surface area contributed by atoms with Crippen LogP contribution >= 0.6 is 11.3 Å². The van der Waals surface area contributed by atoms with Gasteiger partial charge in [0.1, 0.15) is 0 Å². The number of nitrogens with zero attached hydrogens (tertiary/aromatic N) is 2. The summed E-state index contributed by atoms with van der Waals surface area (Å²) in [5.74, 6) is -0.318. The quantitative estimate of drug-likeness (QED) is 0.741. The van der Waals surface area contributed by atoms with E-state index in [1.54, 1.807) is 19.3 Å². The summed E-state index contributed by atoms with van der Waals surface area (Å²) in [5.41, 5.74) is 1.97. The van der Waals surface area contributed by atoms with Crippen LogP contribution in [-0.4, -0.2) is 30.0 Å². The highest BCUT2D eigenvalue weighted by molar-refractivity contribution is 7.91. The fourth-order valence-electron chi connectivity index (χ4n) is 2.13. The number of rotatable bonds is 5. The Balaban J connectivity index is 1.74. The van der Waals surface area contributed by atoms with Crippen LogP contribution in [-0.2, 0) is 9.84 Å². The van der Waals surface area contributed by atoms with Crippen LogP contribution in [0.15, 0.2) is 59.1 Å². The van der Waals surface area contributed by atoms with Crippen LogP contribution < -0.4 is 5.32 Å². The molecule has 2 heterocycles. The van der Waals surface area contributed by atoms with E-state index in [1.165, 1.54) is 35.6 Å². The van der Waals surface area contributed by atoms with Crippen molar-refractivity contribution in [3.8, 4) is 11.3 Å². The highest BCUT2D eigenvalue weighted by atomic mass is 32.2. The zero-order valence-electron chi connectivity index (χ0n) is 13.3. The zero-order chi connectivity index (χ0) is 17.9. The molecule has 0 saturated heterocycles. The Morgan fingerprint density at radius 2 is 1.96 bits per heavy atom. The second-order valence-corrected chi connectivity index (χ2v) is 8.30. The van der Waals surface area contributed by atoms with E-state index >= 15 is 0 Å². The summed E-state index contributed by atoms with van der Waals surface area (Å²) in [4.78, 5) is 20.9. The Hall–Kier alpha value is -2.58. The lowest BCUT2D eigenvalue weighted by Crippen LogP contribution is -2.12. The van der Waals surface area contributed by atoms with Crippen molar-refractivity contribution in [2.24, 2.45) is 0 Å². The van der Waals surface area contributed by atoms with E-state index in [0.29, 0.717) is 10.7 Å². The molecular weight excluding hydrogens is 358 g/mol. The van der Waals surface area contributed by atoms with Crippen molar-refractivity contribution in [2.75, 3.05) is 11.1 Å². The van der Waals surface area contributed by atoms with Gasteiger partial charge in [-0.15, -0.1) is 11.3 Å². The smallest absolute Gasteiger partial charge is 0.257 e. The third kappa shape index (κ3) is 3.92. The maximum atomic E-state index is 12.3. The van der Waals surface area contributed by atoms with E-state index in [4.69, 9.17) is 0 Å². The van der Waals surface area contributed by atoms with E-state index in [1.807, 2.05) is 17.5 Å². The van der Waals surface area contributed by atoms with Crippen molar-refractivity contribution in [3.05, 3.63) is 59.7 Å². The fourth-order valence-corrected chi connectivity index (χ4v) is 3.73. The number of anilines is 1. The predicted octanol–water partition coefficient (Wildman–Crippen LogP) is 3.25. The molecule has 3 aromatic rings. The van der Waals surface area contributed by atoms with Gasteiger partial charge in [0.15, 0.2) is 15.0 Å². The number of sulfone groups is 1. The average molecular weight is 373 g/mol. The molecule has 6 nitrogen and oxygen atoms in total. The molecule has 0 aliphatic carbocycles. The van der Waals surface area contributed by atoms with E-state index < -0.39 is 9.84 Å². The monoisotopic (exact) mass is 373 g/mol. The van der Waals surface area contributed by atoms with Gasteiger partial charge < -0.3 is 0 Å². The third-order valence-corrected chi connectivity index (χ3v) is 6.05. The SMILES string of the molecule is CCS(=O)(=O)c1ccc(C(=O)Nc2nc(-c3cccnc3)cs2)cc1. The zero-order valence-corrected chi connectivity index (χ0v) is 15.0. The lowest BCUT2D eigenvalue weighted by molar-refractivity contribution is 0.102. The molecule has 1 amide bonds. The summed E-state index contributed by atoms with van der Waals surface area (Å²) < 4.78 is 23.6. The summed E-state index contributed by atoms with van der Waals surface area (Å²) in [6.07, 6.45) is 3.38. The Morgan fingerprint density at radius 1 is 1.20 bits per heavy atom. The van der Waals surface area contributed by atoms with Crippen molar-refractivity contribution in [2.45, 2.75) is 11.8 Å². The van der Waals surface area contributed by atoms with Gasteiger partial charge in [0.05, 0.1) is 16.3 Å². The van der Waals surface area contributed by atoms with Gasteiger partial charge in [-0.25, -0.2) is 13.4 Å². The van der Waals surface area contributed by atoms with Gasteiger partial charge >= 0.3 is 0 Å². The fraction of sp³-hybridized carbons (Fsp3) is 0.118. The minimum Gasteiger partial charge on any atom is -0.298 e. The van der Waals surface area contributed by atoms with Gasteiger partial charge in [-0.05, 0) is 36.4 Å². The molecule has 0 saturated carbocycles. The highest BCUT2D eigenvalue weighted by Gasteiger charge is 2.14. The molecule has 2 aromatic heterocycles. The summed E-state index contributed by atoms with van der Waals surface area (Å²) in [6, 6.07) is 9.58. The Bertz CT molecular complexity index is 981. The van der Waals surface area contributed by atoms with Crippen LogP contribution in [0.3, 0.4) is 0 Å². The van der Waals surface area contributed by atoms with E-state index in [9.17, 15) is 13.2 Å². The van der Waals surface area contributed by atoms with Gasteiger partial charge in [0.2, 0.25) is 0 Å². The molecule has 0 aliphatic rings. The van der Waals surface area contributed by atoms with Gasteiger partial charge in [-0.3, -0.25) is 15.1 Å². The molecule has 0 atom stereocenters. The topological polar surface area (TPSA) is 89.0 Å². The summed E-state index contributed by atoms with van der Waals surface area (Å²) in [7, 11) is -3.27. The first-order chi connectivity index (χ1) is 12.0. The molecule has 0 bridgehead atoms. The van der Waals surface area contributed by atoms with Crippen molar-refractivity contribution in [1.82, 2.24) is 9.97 Å². The molecule has 1 N–H and O–H groups in total. The maximum absolute atomic E-state index is 12.3. The number of hydrogen-bond donors (Lipinski definition) is 1. The highest BCUT2D eigenvalue weighted by Crippen LogP contribution is 2.24. The molecule has 128 valence electrons. The van der Waals surface area contributed by atoms with Gasteiger partial charge in [-0.1, -0.05) is 6.92 Å². The molecule has 0 spiro atoms. The van der Waals surface area contributed by atoms with Crippen molar-refractivity contribution in [3.63, 3.8) is 0 Å². The normalized spacial score (nSPS) is 11.2. The first-order valence-electron chi connectivity index (χ1n) is 7.49. The van der Waals surface area contributed by atoms with Gasteiger partial charge in [-0.2, -0.15) is 0 Å². The molecule has 0 aliphatic heterocycles. The first kappa shape index (κ1) is 17.2. The third-order valence-electron chi connectivity index (χ3n) is 3.54. The maximum Gasteiger partial charge on any atom is 0.257 e. The number of hydrogen-bond acceptors (Lipinski definition) is 6. The van der Waals surface area contributed by atoms with Crippen LogP contribution in [0.4, 0.5) is 5.13 Å². The number of pyridine rings is 1. The number of thiazole rings is 1. The Labute approximate surface area is 149 Å². The molecule has 8 heteroatoms. The average Bonchev–Trinajstić information content (AvgIpc) is 3.11. The lowest BCUT2D eigenvalue weighted by atomic mass is 10.2. The van der Waals surface area contributed by atoms with Crippen molar-refractivity contribution < 1.29 is 13.2 Å². The summed E-state index contributed by atoms with van der Waals surface area (Å²) in [5, 5.41) is 5.02. The largest absolute Gasteiger partial charge is 0.298 e. The number of carbonyl (C=O) groups is 1. The number of aromatic nitrogens is 2. The van der Waals surface area contributed by atoms with Crippen molar-refractivity contribution >= 4 is 32.2 Å². The molecule has 0 fully saturated rings. The van der Waals surface area contributed by atoms with Crippen molar-refractivity contribution in [1.29, 1.82) is 0 Å². The van der Waals surface area contributed by atoms with Crippen LogP contribution in [0.1, 0.15) is 17.3 Å². The molecule has 1 aromatic carbocycles. The number of amides is 1. The van der Waals surface area contributed by atoms with E-state index in [2.05, 4.69) is 15.3 Å². The Kier molecular flexibility index (Phi) is 4.91. The van der Waals surface area contributed by atoms with Crippen LogP contribution in [0.25, 0.3) is 11.3 Å². The minimum atomic E-state index is -3.27. The molecule has 0 radical (unpaired) electrons. The molecular formula is C17H15N3O3S2.